The summed E-state index contributed by atoms with van der Waals surface area (Å²) in [6, 6.07) is -1.23. The Bertz CT molecular complexity index is 274. The Morgan fingerprint density at radius 1 is 0.826 bits per heavy atom. The Morgan fingerprint density at radius 3 is 1.57 bits per heavy atom. The number of nitrogens with zero attached hydrogens (tertiary/aromatic N) is 1. The Morgan fingerprint density at radius 2 is 1.22 bits per heavy atom. The van der Waals surface area contributed by atoms with Gasteiger partial charge in [0.05, 0.1) is 0 Å². The lowest BCUT2D eigenvalue weighted by Crippen LogP contribution is -2.36. The topological polar surface area (TPSA) is 83.6 Å². The molecule has 0 saturated carbocycles. The van der Waals surface area contributed by atoms with E-state index in [0.29, 0.717) is 6.42 Å². The van der Waals surface area contributed by atoms with Gasteiger partial charge in [-0.05, 0) is 6.42 Å². The minimum Gasteiger partial charge on any atom is -0.389 e. The van der Waals surface area contributed by atoms with Gasteiger partial charge in [0.15, 0.2) is 0 Å². The maximum atomic E-state index is 10.6. The number of aliphatic hydroxyl groups is 2. The first-order valence-corrected chi connectivity index (χ1v) is 9.55. The molecule has 0 aliphatic rings. The van der Waals surface area contributed by atoms with Crippen molar-refractivity contribution >= 4 is 0 Å². The fraction of sp³-hybridized carbons (Fsp3) is 1.00. The van der Waals surface area contributed by atoms with Crippen molar-refractivity contribution < 1.29 is 15.1 Å². The lowest BCUT2D eigenvalue weighted by molar-refractivity contribution is -0.537. The van der Waals surface area contributed by atoms with Crippen molar-refractivity contribution in [2.75, 3.05) is 6.61 Å². The molecule has 0 amide bonds. The van der Waals surface area contributed by atoms with E-state index in [1.165, 1.54) is 64.2 Å². The Balaban J connectivity index is 3.29. The zero-order valence-corrected chi connectivity index (χ0v) is 14.9. The second-order valence-electron chi connectivity index (χ2n) is 6.63. The van der Waals surface area contributed by atoms with E-state index in [0.717, 1.165) is 19.3 Å². The van der Waals surface area contributed by atoms with Gasteiger partial charge < -0.3 is 10.2 Å². The summed E-state index contributed by atoms with van der Waals surface area (Å²) < 4.78 is 0. The molecule has 0 aromatic rings. The van der Waals surface area contributed by atoms with E-state index in [-0.39, 0.29) is 0 Å². The van der Waals surface area contributed by atoms with Crippen molar-refractivity contribution in [1.29, 1.82) is 0 Å². The average molecular weight is 331 g/mol. The molecule has 0 aromatic heterocycles. The first-order valence-electron chi connectivity index (χ1n) is 9.55. The van der Waals surface area contributed by atoms with Gasteiger partial charge in [0.1, 0.15) is 12.7 Å². The summed E-state index contributed by atoms with van der Waals surface area (Å²) in [7, 11) is 0. The minimum absolute atomic E-state index is 0.407. The number of hydrogen-bond donors (Lipinski definition) is 2. The molecule has 0 saturated heterocycles. The number of aliphatic hydroxyl groups excluding tert-OH is 2. The molecule has 0 aliphatic carbocycles. The van der Waals surface area contributed by atoms with Crippen molar-refractivity contribution in [3.05, 3.63) is 10.1 Å². The zero-order valence-electron chi connectivity index (χ0n) is 14.9. The largest absolute Gasteiger partial charge is 0.389 e. The van der Waals surface area contributed by atoms with Gasteiger partial charge in [-0.3, -0.25) is 10.1 Å². The van der Waals surface area contributed by atoms with Gasteiger partial charge >= 0.3 is 0 Å². The van der Waals surface area contributed by atoms with Crippen LogP contribution in [-0.4, -0.2) is 33.9 Å². The second kappa shape index (κ2) is 16.2. The molecule has 0 fully saturated rings. The van der Waals surface area contributed by atoms with Gasteiger partial charge in [0.25, 0.3) is 6.04 Å². The molecular formula is C18H37NO4. The van der Waals surface area contributed by atoms with Crippen LogP contribution in [0.1, 0.15) is 96.8 Å². The molecule has 0 aliphatic heterocycles. The average Bonchev–Trinajstić information content (AvgIpc) is 2.52. The van der Waals surface area contributed by atoms with Crippen molar-refractivity contribution in [3.63, 3.8) is 0 Å². The third kappa shape index (κ3) is 13.5. The number of rotatable bonds is 17. The Kier molecular flexibility index (Phi) is 15.7. The van der Waals surface area contributed by atoms with Gasteiger partial charge in [-0.15, -0.1) is 0 Å². The molecule has 0 aromatic carbocycles. The van der Waals surface area contributed by atoms with E-state index >= 15 is 0 Å². The summed E-state index contributed by atoms with van der Waals surface area (Å²) in [5.74, 6) is 0. The van der Waals surface area contributed by atoms with Crippen LogP contribution in [0.4, 0.5) is 0 Å². The first kappa shape index (κ1) is 22.3. The predicted octanol–water partition coefficient (Wildman–Crippen LogP) is 4.47. The van der Waals surface area contributed by atoms with Gasteiger partial charge in [-0.25, -0.2) is 0 Å². The van der Waals surface area contributed by atoms with Crippen LogP contribution in [0, 0.1) is 10.1 Å². The van der Waals surface area contributed by atoms with E-state index < -0.39 is 23.7 Å². The molecule has 0 radical (unpaired) electrons. The molecule has 0 spiro atoms. The minimum atomic E-state index is -1.23. The van der Waals surface area contributed by atoms with Crippen LogP contribution in [0.2, 0.25) is 0 Å². The third-order valence-electron chi connectivity index (χ3n) is 4.51. The highest BCUT2D eigenvalue weighted by molar-refractivity contribution is 4.67. The van der Waals surface area contributed by atoms with E-state index in [1.807, 2.05) is 0 Å². The molecule has 0 rings (SSSR count). The summed E-state index contributed by atoms with van der Waals surface area (Å²) in [6.07, 6.45) is 15.6. The molecule has 0 unspecified atom stereocenters. The van der Waals surface area contributed by atoms with Gasteiger partial charge in [0, 0.05) is 4.92 Å². The highest BCUT2D eigenvalue weighted by Gasteiger charge is 2.28. The number of nitro groups is 1. The van der Waals surface area contributed by atoms with E-state index in [1.54, 1.807) is 0 Å². The van der Waals surface area contributed by atoms with Gasteiger partial charge in [-0.1, -0.05) is 90.4 Å². The van der Waals surface area contributed by atoms with Gasteiger partial charge in [-0.2, -0.15) is 0 Å². The zero-order chi connectivity index (χ0) is 17.3. The Hall–Kier alpha value is -0.680. The summed E-state index contributed by atoms with van der Waals surface area (Å²) in [6.45, 7) is 1.65. The third-order valence-corrected chi connectivity index (χ3v) is 4.51. The molecule has 2 N–H and O–H groups in total. The predicted molar refractivity (Wildman–Crippen MR) is 94.2 cm³/mol. The van der Waals surface area contributed by atoms with Gasteiger partial charge in [0.2, 0.25) is 0 Å². The first-order chi connectivity index (χ1) is 11.1. The van der Waals surface area contributed by atoms with Crippen LogP contribution in [0.5, 0.6) is 0 Å². The number of unbranched alkanes of at least 4 members (excludes halogenated alkanes) is 12. The summed E-state index contributed by atoms with van der Waals surface area (Å²) in [5, 5.41) is 29.1. The van der Waals surface area contributed by atoms with E-state index in [2.05, 4.69) is 6.92 Å². The molecule has 5 nitrogen and oxygen atoms in total. The Labute approximate surface area is 141 Å². The van der Waals surface area contributed by atoms with Crippen LogP contribution >= 0.6 is 0 Å². The standard InChI is InChI=1S/C18H37NO4/c1-2-3-4-5-6-7-8-9-10-11-12-13-14-15-18(21)17(16-20)19(22)23/h17-18,20-21H,2-16H2,1H3/t17-,18-/m1/s1. The summed E-state index contributed by atoms with van der Waals surface area (Å²) >= 11 is 0. The SMILES string of the molecule is CCCCCCCCCCCCCCC[C@@H](O)[C@@H](CO)[N+](=O)[O-]. The molecule has 23 heavy (non-hydrogen) atoms. The quantitative estimate of drug-likeness (QED) is 0.234. The maximum Gasteiger partial charge on any atom is 0.261 e. The van der Waals surface area contributed by atoms with Crippen molar-refractivity contribution in [3.8, 4) is 0 Å². The molecule has 0 heterocycles. The van der Waals surface area contributed by atoms with Crippen molar-refractivity contribution in [2.24, 2.45) is 0 Å². The highest BCUT2D eigenvalue weighted by atomic mass is 16.6. The normalized spacial score (nSPS) is 13.9. The fourth-order valence-corrected chi connectivity index (χ4v) is 2.89. The van der Waals surface area contributed by atoms with Crippen LogP contribution in [-0.2, 0) is 0 Å². The van der Waals surface area contributed by atoms with Crippen LogP contribution < -0.4 is 0 Å². The fourth-order valence-electron chi connectivity index (χ4n) is 2.89. The summed E-state index contributed by atoms with van der Waals surface area (Å²) in [4.78, 5) is 10.0. The van der Waals surface area contributed by atoms with Crippen molar-refractivity contribution in [2.45, 2.75) is 109 Å². The highest BCUT2D eigenvalue weighted by Crippen LogP contribution is 2.14. The lowest BCUT2D eigenvalue weighted by Gasteiger charge is -2.13. The number of hydrogen-bond acceptors (Lipinski definition) is 4. The molecular weight excluding hydrogens is 294 g/mol. The molecule has 5 heteroatoms. The summed E-state index contributed by atoms with van der Waals surface area (Å²) in [5.41, 5.74) is 0. The molecule has 2 atom stereocenters. The van der Waals surface area contributed by atoms with Crippen molar-refractivity contribution in [1.82, 2.24) is 0 Å². The van der Waals surface area contributed by atoms with Crippen LogP contribution in [0.15, 0.2) is 0 Å². The van der Waals surface area contributed by atoms with E-state index in [9.17, 15) is 15.2 Å². The molecule has 0 bridgehead atoms. The van der Waals surface area contributed by atoms with Crippen LogP contribution in [0.25, 0.3) is 0 Å². The van der Waals surface area contributed by atoms with E-state index in [4.69, 9.17) is 5.11 Å². The second-order valence-corrected chi connectivity index (χ2v) is 6.63. The smallest absolute Gasteiger partial charge is 0.261 e. The molecule has 138 valence electrons. The lowest BCUT2D eigenvalue weighted by atomic mass is 10.0. The monoisotopic (exact) mass is 331 g/mol. The van der Waals surface area contributed by atoms with Crippen LogP contribution in [0.3, 0.4) is 0 Å². The maximum absolute atomic E-state index is 10.6.